The summed E-state index contributed by atoms with van der Waals surface area (Å²) in [4.78, 5) is 0. The van der Waals surface area contributed by atoms with Gasteiger partial charge in [0.2, 0.25) is 5.52 Å². The lowest BCUT2D eigenvalue weighted by molar-refractivity contribution is -0.662. The maximum atomic E-state index is 5.18. The number of hydrogen-bond donors (Lipinski definition) is 0. The van der Waals surface area contributed by atoms with Gasteiger partial charge in [-0.2, -0.15) is 4.57 Å². The molecule has 0 bridgehead atoms. The quantitative estimate of drug-likeness (QED) is 0.626. The van der Waals surface area contributed by atoms with Gasteiger partial charge in [0, 0.05) is 23.1 Å². The van der Waals surface area contributed by atoms with Gasteiger partial charge in [0.15, 0.2) is 12.7 Å². The average Bonchev–Trinajstić information content (AvgIpc) is 2.48. The molecule has 2 aromatic carbocycles. The van der Waals surface area contributed by atoms with Crippen molar-refractivity contribution in [3.63, 3.8) is 0 Å². The number of fused-ring (bicyclic) bond motifs is 1. The lowest BCUT2D eigenvalue weighted by atomic mass is 10.2. The fourth-order valence-electron chi connectivity index (χ4n) is 2.29. The summed E-state index contributed by atoms with van der Waals surface area (Å²) in [5.41, 5.74) is 2.52. The molecule has 0 spiro atoms. The first-order chi connectivity index (χ1) is 9.36. The molecule has 1 aromatic heterocycles. The topological polar surface area (TPSA) is 13.1 Å². The van der Waals surface area contributed by atoms with Crippen molar-refractivity contribution < 1.29 is 21.7 Å². The Labute approximate surface area is 125 Å². The highest BCUT2D eigenvalue weighted by molar-refractivity contribution is 5.74. The molecular weight excluding hydrogens is 270 g/mol. The van der Waals surface area contributed by atoms with Gasteiger partial charge >= 0.3 is 0 Å². The highest BCUT2D eigenvalue weighted by Crippen LogP contribution is 2.12. The molecule has 0 N–H and O–H groups in total. The third-order valence-electron chi connectivity index (χ3n) is 3.30. The van der Waals surface area contributed by atoms with E-state index in [9.17, 15) is 0 Å². The minimum atomic E-state index is 0. The van der Waals surface area contributed by atoms with Gasteiger partial charge in [-0.15, -0.1) is 0 Å². The number of pyridine rings is 1. The number of para-hydroxylation sites is 1. The van der Waals surface area contributed by atoms with E-state index in [4.69, 9.17) is 4.74 Å². The summed E-state index contributed by atoms with van der Waals surface area (Å²) in [6.45, 7) is 0.866. The Morgan fingerprint density at radius 1 is 0.900 bits per heavy atom. The van der Waals surface area contributed by atoms with E-state index < -0.39 is 0 Å². The fraction of sp³-hybridized carbons (Fsp3) is 0.118. The lowest BCUT2D eigenvalue weighted by Crippen LogP contribution is -3.00. The minimum Gasteiger partial charge on any atom is -1.00 e. The van der Waals surface area contributed by atoms with Crippen LogP contribution in [0.5, 0.6) is 5.75 Å². The van der Waals surface area contributed by atoms with Crippen molar-refractivity contribution in [3.8, 4) is 5.75 Å². The molecule has 3 heteroatoms. The van der Waals surface area contributed by atoms with Crippen LogP contribution in [0.3, 0.4) is 0 Å². The second-order valence-electron chi connectivity index (χ2n) is 4.54. The Morgan fingerprint density at radius 2 is 1.60 bits per heavy atom. The largest absolute Gasteiger partial charge is 1.00 e. The summed E-state index contributed by atoms with van der Waals surface area (Å²) < 4.78 is 7.44. The highest BCUT2D eigenvalue weighted by Gasteiger charge is 2.08. The second kappa shape index (κ2) is 6.40. The van der Waals surface area contributed by atoms with Crippen LogP contribution < -0.4 is 21.7 Å². The molecule has 3 rings (SSSR count). The van der Waals surface area contributed by atoms with E-state index in [-0.39, 0.29) is 12.4 Å². The number of halogens is 1. The molecule has 3 aromatic rings. The molecular formula is C17H16ClNO. The van der Waals surface area contributed by atoms with Crippen molar-refractivity contribution in [3.05, 3.63) is 72.4 Å². The van der Waals surface area contributed by atoms with Crippen molar-refractivity contribution in [1.29, 1.82) is 0 Å². The summed E-state index contributed by atoms with van der Waals surface area (Å²) in [5.74, 6) is 0.895. The molecule has 102 valence electrons. The van der Waals surface area contributed by atoms with Gasteiger partial charge in [0.25, 0.3) is 0 Å². The zero-order chi connectivity index (χ0) is 13.1. The zero-order valence-electron chi connectivity index (χ0n) is 11.3. The van der Waals surface area contributed by atoms with E-state index in [1.165, 1.54) is 16.5 Å². The molecule has 1 heterocycles. The number of methoxy groups -OCH3 is 1. The van der Waals surface area contributed by atoms with Crippen LogP contribution in [-0.4, -0.2) is 7.11 Å². The Balaban J connectivity index is 0.00000147. The average molecular weight is 286 g/mol. The third-order valence-corrected chi connectivity index (χ3v) is 3.30. The Morgan fingerprint density at radius 3 is 2.35 bits per heavy atom. The van der Waals surface area contributed by atoms with Gasteiger partial charge in [-0.05, 0) is 36.4 Å². The summed E-state index contributed by atoms with van der Waals surface area (Å²) in [7, 11) is 1.69. The predicted octanol–water partition coefficient (Wildman–Crippen LogP) is 0.188. The van der Waals surface area contributed by atoms with Crippen LogP contribution in [0.2, 0.25) is 0 Å². The summed E-state index contributed by atoms with van der Waals surface area (Å²) in [6, 6.07) is 20.9. The van der Waals surface area contributed by atoms with Gasteiger partial charge in [0.1, 0.15) is 5.75 Å². The Hall–Kier alpha value is -2.06. The number of benzene rings is 2. The molecule has 0 radical (unpaired) electrons. The minimum absolute atomic E-state index is 0. The Kier molecular flexibility index (Phi) is 4.59. The SMILES string of the molecule is COc1ccc(C[n+]2cccc3ccccc32)cc1.[Cl-]. The smallest absolute Gasteiger partial charge is 0.212 e. The molecule has 2 nitrogen and oxygen atoms in total. The molecule has 0 unspecified atom stereocenters. The molecule has 0 saturated heterocycles. The molecule has 0 amide bonds. The second-order valence-corrected chi connectivity index (χ2v) is 4.54. The molecule has 0 saturated carbocycles. The van der Waals surface area contributed by atoms with E-state index in [0.717, 1.165) is 12.3 Å². The number of rotatable bonds is 3. The summed E-state index contributed by atoms with van der Waals surface area (Å²) in [6.07, 6.45) is 2.12. The molecule has 0 atom stereocenters. The first-order valence-electron chi connectivity index (χ1n) is 6.37. The molecule has 0 aliphatic carbocycles. The van der Waals surface area contributed by atoms with E-state index in [1.807, 2.05) is 12.1 Å². The van der Waals surface area contributed by atoms with Crippen LogP contribution in [0.1, 0.15) is 5.56 Å². The number of hydrogen-bond acceptors (Lipinski definition) is 1. The highest BCUT2D eigenvalue weighted by atomic mass is 35.5. The molecule has 0 fully saturated rings. The maximum absolute atomic E-state index is 5.18. The van der Waals surface area contributed by atoms with Crippen LogP contribution in [0, 0.1) is 0 Å². The number of nitrogens with zero attached hydrogens (tertiary/aromatic N) is 1. The monoisotopic (exact) mass is 285 g/mol. The maximum Gasteiger partial charge on any atom is 0.212 e. The van der Waals surface area contributed by atoms with Crippen molar-refractivity contribution in [1.82, 2.24) is 0 Å². The van der Waals surface area contributed by atoms with Crippen molar-refractivity contribution >= 4 is 10.9 Å². The number of aromatic nitrogens is 1. The van der Waals surface area contributed by atoms with E-state index in [1.54, 1.807) is 7.11 Å². The third kappa shape index (κ3) is 2.91. The van der Waals surface area contributed by atoms with E-state index in [2.05, 4.69) is 59.3 Å². The van der Waals surface area contributed by atoms with Crippen LogP contribution in [0.15, 0.2) is 66.9 Å². The number of ether oxygens (including phenoxy) is 1. The van der Waals surface area contributed by atoms with Crippen LogP contribution in [-0.2, 0) is 6.54 Å². The lowest BCUT2D eigenvalue weighted by Gasteiger charge is -2.03. The van der Waals surface area contributed by atoms with Gasteiger partial charge in [-0.25, -0.2) is 0 Å². The molecule has 0 aliphatic heterocycles. The van der Waals surface area contributed by atoms with Crippen molar-refractivity contribution in [2.45, 2.75) is 6.54 Å². The van der Waals surface area contributed by atoms with Crippen molar-refractivity contribution in [2.24, 2.45) is 0 Å². The van der Waals surface area contributed by atoms with Crippen LogP contribution in [0.4, 0.5) is 0 Å². The summed E-state index contributed by atoms with van der Waals surface area (Å²) in [5, 5.41) is 1.26. The standard InChI is InChI=1S/C17H16NO.ClH/c1-19-16-10-8-14(9-11-16)13-18-12-4-6-15-5-2-3-7-17(15)18;/h2-12H,13H2,1H3;1H/q+1;/p-1. The van der Waals surface area contributed by atoms with Gasteiger partial charge < -0.3 is 17.1 Å². The predicted molar refractivity (Wildman–Crippen MR) is 76.2 cm³/mol. The molecule has 0 aliphatic rings. The van der Waals surface area contributed by atoms with E-state index >= 15 is 0 Å². The van der Waals surface area contributed by atoms with Crippen LogP contribution in [0.25, 0.3) is 10.9 Å². The van der Waals surface area contributed by atoms with Gasteiger partial charge in [-0.3, -0.25) is 0 Å². The van der Waals surface area contributed by atoms with Gasteiger partial charge in [-0.1, -0.05) is 12.1 Å². The van der Waals surface area contributed by atoms with Crippen LogP contribution >= 0.6 is 0 Å². The summed E-state index contributed by atoms with van der Waals surface area (Å²) >= 11 is 0. The zero-order valence-corrected chi connectivity index (χ0v) is 12.0. The normalized spacial score (nSPS) is 10.1. The van der Waals surface area contributed by atoms with Gasteiger partial charge in [0.05, 0.1) is 7.11 Å². The first-order valence-corrected chi connectivity index (χ1v) is 6.37. The first kappa shape index (κ1) is 14.4. The Bertz CT molecular complexity index is 689. The van der Waals surface area contributed by atoms with E-state index in [0.29, 0.717) is 0 Å². The fourth-order valence-corrected chi connectivity index (χ4v) is 2.29. The van der Waals surface area contributed by atoms with Crippen molar-refractivity contribution in [2.75, 3.05) is 7.11 Å². The molecule has 20 heavy (non-hydrogen) atoms.